The van der Waals surface area contributed by atoms with Crippen molar-refractivity contribution in [2.75, 3.05) is 4.90 Å². The van der Waals surface area contributed by atoms with Crippen LogP contribution >= 0.6 is 11.5 Å². The average molecular weight is 423 g/mol. The average Bonchev–Trinajstić information content (AvgIpc) is 3.26. The second-order valence-electron chi connectivity index (χ2n) is 7.84. The van der Waals surface area contributed by atoms with Gasteiger partial charge in [-0.3, -0.25) is 14.5 Å². The van der Waals surface area contributed by atoms with E-state index in [4.69, 9.17) is 0 Å². The summed E-state index contributed by atoms with van der Waals surface area (Å²) in [5.74, 6) is -0.612. The monoisotopic (exact) mass is 422 g/mol. The Kier molecular flexibility index (Phi) is 6.62. The Morgan fingerprint density at radius 1 is 1.13 bits per heavy atom. The highest BCUT2D eigenvalue weighted by Crippen LogP contribution is 2.30. The molecule has 2 aromatic carbocycles. The molecule has 0 spiro atoms. The van der Waals surface area contributed by atoms with Crippen LogP contribution in [0.2, 0.25) is 0 Å². The molecule has 6 nitrogen and oxygen atoms in total. The van der Waals surface area contributed by atoms with Gasteiger partial charge in [-0.25, -0.2) is 0 Å². The number of carbonyl (C=O) groups is 2. The molecule has 2 amide bonds. The quantitative estimate of drug-likeness (QED) is 0.607. The van der Waals surface area contributed by atoms with Crippen LogP contribution < -0.4 is 10.2 Å². The van der Waals surface area contributed by atoms with E-state index in [-0.39, 0.29) is 17.5 Å². The van der Waals surface area contributed by atoms with Crippen molar-refractivity contribution < 1.29 is 9.59 Å². The third kappa shape index (κ3) is 4.91. The van der Waals surface area contributed by atoms with Crippen LogP contribution in [0.25, 0.3) is 0 Å². The van der Waals surface area contributed by atoms with Gasteiger partial charge in [-0.2, -0.15) is 0 Å². The Hall–Kier alpha value is -3.06. The molecule has 1 heterocycles. The van der Waals surface area contributed by atoms with E-state index in [1.807, 2.05) is 82.3 Å². The molecule has 0 saturated heterocycles. The van der Waals surface area contributed by atoms with Gasteiger partial charge in [-0.05, 0) is 56.4 Å². The van der Waals surface area contributed by atoms with Crippen molar-refractivity contribution in [1.29, 1.82) is 0 Å². The summed E-state index contributed by atoms with van der Waals surface area (Å²) < 4.78 is 3.83. The Morgan fingerprint density at radius 3 is 2.47 bits per heavy atom. The van der Waals surface area contributed by atoms with Gasteiger partial charge in [0.05, 0.1) is 0 Å². The smallest absolute Gasteiger partial charge is 0.280 e. The molecule has 0 aliphatic rings. The number of nitrogens with zero attached hydrogens (tertiary/aromatic N) is 3. The highest BCUT2D eigenvalue weighted by Gasteiger charge is 2.36. The summed E-state index contributed by atoms with van der Waals surface area (Å²) in [6.07, 6.45) is 0.758. The second-order valence-corrected chi connectivity index (χ2v) is 8.45. The minimum Gasteiger partial charge on any atom is -0.349 e. The fourth-order valence-corrected chi connectivity index (χ4v) is 3.53. The van der Waals surface area contributed by atoms with Gasteiger partial charge in [0.25, 0.3) is 5.91 Å². The van der Waals surface area contributed by atoms with Crippen molar-refractivity contribution in [3.8, 4) is 0 Å². The third-order valence-corrected chi connectivity index (χ3v) is 5.55. The minimum absolute atomic E-state index is 0.212. The first-order valence-electron chi connectivity index (χ1n) is 9.86. The Bertz CT molecular complexity index is 1000. The predicted octanol–water partition coefficient (Wildman–Crippen LogP) is 4.54. The normalized spacial score (nSPS) is 12.3. The van der Waals surface area contributed by atoms with Crippen LogP contribution in [0, 0.1) is 6.92 Å². The lowest BCUT2D eigenvalue weighted by Gasteiger charge is -2.34. The molecule has 0 unspecified atom stereocenters. The summed E-state index contributed by atoms with van der Waals surface area (Å²) in [6, 6.07) is 16.0. The highest BCUT2D eigenvalue weighted by atomic mass is 32.1. The van der Waals surface area contributed by atoms with E-state index >= 15 is 0 Å². The number of aryl methyl sites for hydroxylation is 1. The predicted molar refractivity (Wildman–Crippen MR) is 120 cm³/mol. The fraction of sp³-hybridized carbons (Fsp3) is 0.304. The van der Waals surface area contributed by atoms with E-state index in [0.717, 1.165) is 29.1 Å². The van der Waals surface area contributed by atoms with E-state index in [1.165, 1.54) is 4.90 Å². The number of hydrogen-bond acceptors (Lipinski definition) is 5. The van der Waals surface area contributed by atoms with Gasteiger partial charge in [0.2, 0.25) is 5.91 Å². The number of benzene rings is 2. The lowest BCUT2D eigenvalue weighted by molar-refractivity contribution is -0.124. The number of rotatable bonds is 7. The van der Waals surface area contributed by atoms with E-state index in [1.54, 1.807) is 5.38 Å². The molecular weight excluding hydrogens is 396 g/mol. The van der Waals surface area contributed by atoms with Crippen molar-refractivity contribution in [3.63, 3.8) is 0 Å². The molecule has 0 aliphatic carbocycles. The maximum atomic E-state index is 13.6. The summed E-state index contributed by atoms with van der Waals surface area (Å²) in [5.41, 5.74) is 2.17. The molecule has 3 aromatic rings. The summed E-state index contributed by atoms with van der Waals surface area (Å²) in [6.45, 7) is 7.92. The Morgan fingerprint density at radius 2 is 1.87 bits per heavy atom. The van der Waals surface area contributed by atoms with Crippen LogP contribution in [0.5, 0.6) is 0 Å². The van der Waals surface area contributed by atoms with Crippen LogP contribution in [0.4, 0.5) is 5.69 Å². The van der Waals surface area contributed by atoms with E-state index in [0.29, 0.717) is 5.69 Å². The van der Waals surface area contributed by atoms with Gasteiger partial charge in [0.15, 0.2) is 5.69 Å². The zero-order chi connectivity index (χ0) is 21.7. The lowest BCUT2D eigenvalue weighted by Crippen LogP contribution is -2.50. The van der Waals surface area contributed by atoms with Gasteiger partial charge in [-0.15, -0.1) is 5.10 Å². The van der Waals surface area contributed by atoms with Crippen LogP contribution in [0.3, 0.4) is 0 Å². The number of nitrogens with one attached hydrogen (secondary N) is 1. The first-order chi connectivity index (χ1) is 14.3. The SMILES string of the molecule is CCC(C)(C)NC(=O)[C@@H](c1cccc(C)c1)N(C(=O)c1csnn1)c1ccccc1. The van der Waals surface area contributed by atoms with Gasteiger partial charge in [0, 0.05) is 16.6 Å². The molecule has 0 radical (unpaired) electrons. The standard InChI is InChI=1S/C23H26N4O2S/c1-5-23(3,4)24-21(28)20(17-11-9-10-16(2)14-17)27(18-12-7-6-8-13-18)22(29)19-15-30-26-25-19/h6-15,20H,5H2,1-4H3,(H,24,28)/t20-/m1/s1. The zero-order valence-electron chi connectivity index (χ0n) is 17.6. The molecule has 7 heteroatoms. The molecule has 0 aliphatic heterocycles. The van der Waals surface area contributed by atoms with E-state index < -0.39 is 11.6 Å². The summed E-state index contributed by atoms with van der Waals surface area (Å²) >= 11 is 1.10. The number of para-hydroxylation sites is 1. The van der Waals surface area contributed by atoms with Crippen LogP contribution in [-0.2, 0) is 4.79 Å². The summed E-state index contributed by atoms with van der Waals surface area (Å²) in [7, 11) is 0. The number of anilines is 1. The number of aromatic nitrogens is 2. The van der Waals surface area contributed by atoms with Crippen molar-refractivity contribution in [1.82, 2.24) is 14.9 Å². The van der Waals surface area contributed by atoms with E-state index in [2.05, 4.69) is 14.9 Å². The number of carbonyl (C=O) groups excluding carboxylic acids is 2. The summed E-state index contributed by atoms with van der Waals surface area (Å²) in [4.78, 5) is 28.6. The van der Waals surface area contributed by atoms with Gasteiger partial charge in [-0.1, -0.05) is 59.4 Å². The molecule has 1 N–H and O–H groups in total. The van der Waals surface area contributed by atoms with Crippen LogP contribution in [0.1, 0.15) is 54.8 Å². The first-order valence-corrected chi connectivity index (χ1v) is 10.7. The van der Waals surface area contributed by atoms with Crippen molar-refractivity contribution >= 4 is 29.0 Å². The molecule has 156 valence electrons. The third-order valence-electron chi connectivity index (χ3n) is 5.04. The molecule has 3 rings (SSSR count). The van der Waals surface area contributed by atoms with Crippen molar-refractivity contribution in [2.45, 2.75) is 45.7 Å². The van der Waals surface area contributed by atoms with Gasteiger partial charge < -0.3 is 5.32 Å². The van der Waals surface area contributed by atoms with Gasteiger partial charge in [0.1, 0.15) is 6.04 Å². The van der Waals surface area contributed by atoms with Crippen LogP contribution in [0.15, 0.2) is 60.0 Å². The molecule has 0 bridgehead atoms. The number of amides is 2. The zero-order valence-corrected chi connectivity index (χ0v) is 18.4. The van der Waals surface area contributed by atoms with Crippen molar-refractivity contribution in [2.24, 2.45) is 0 Å². The maximum Gasteiger partial charge on any atom is 0.280 e. The number of hydrogen-bond donors (Lipinski definition) is 1. The fourth-order valence-electron chi connectivity index (χ4n) is 3.10. The largest absolute Gasteiger partial charge is 0.349 e. The van der Waals surface area contributed by atoms with Crippen LogP contribution in [-0.4, -0.2) is 26.9 Å². The van der Waals surface area contributed by atoms with E-state index in [9.17, 15) is 9.59 Å². The second kappa shape index (κ2) is 9.17. The maximum absolute atomic E-state index is 13.6. The molecule has 1 aromatic heterocycles. The molecule has 30 heavy (non-hydrogen) atoms. The molecular formula is C23H26N4O2S. The highest BCUT2D eigenvalue weighted by molar-refractivity contribution is 7.03. The first kappa shape index (κ1) is 21.6. The topological polar surface area (TPSA) is 75.2 Å². The van der Waals surface area contributed by atoms with Gasteiger partial charge >= 0.3 is 0 Å². The molecule has 0 saturated carbocycles. The lowest BCUT2D eigenvalue weighted by atomic mass is 9.97. The minimum atomic E-state index is -0.854. The Balaban J connectivity index is 2.15. The summed E-state index contributed by atoms with van der Waals surface area (Å²) in [5, 5.41) is 8.66. The molecule has 1 atom stereocenters. The Labute approximate surface area is 181 Å². The molecule has 0 fully saturated rings. The van der Waals surface area contributed by atoms with Crippen molar-refractivity contribution in [3.05, 3.63) is 76.8 Å².